The second kappa shape index (κ2) is 5.44. The number of H-pyrrole nitrogens is 1. The average Bonchev–Trinajstić information content (AvgIpc) is 2.82. The highest BCUT2D eigenvalue weighted by atomic mass is 19.1. The Hall–Kier alpha value is -2.55. The van der Waals surface area contributed by atoms with Gasteiger partial charge < -0.3 is 15.2 Å². The van der Waals surface area contributed by atoms with Crippen LogP contribution in [0.3, 0.4) is 0 Å². The van der Waals surface area contributed by atoms with Crippen molar-refractivity contribution in [2.24, 2.45) is 5.92 Å². The number of nitrogens with one attached hydrogen (secondary N) is 2. The topological polar surface area (TPSA) is 71.9 Å². The summed E-state index contributed by atoms with van der Waals surface area (Å²) < 4.78 is 13.3. The number of aromatic amines is 1. The van der Waals surface area contributed by atoms with E-state index in [1.54, 1.807) is 17.2 Å². The van der Waals surface area contributed by atoms with Crippen LogP contribution in [0, 0.1) is 23.1 Å². The highest BCUT2D eigenvalue weighted by Gasteiger charge is 2.30. The number of hydrogen-bond acceptors (Lipinski definition) is 2. The Kier molecular flexibility index (Phi) is 3.48. The molecule has 0 spiro atoms. The largest absolute Gasteiger partial charge is 0.361 e. The Balaban J connectivity index is 1.59. The van der Waals surface area contributed by atoms with Crippen molar-refractivity contribution < 1.29 is 9.18 Å². The van der Waals surface area contributed by atoms with E-state index in [-0.39, 0.29) is 11.8 Å². The molecule has 2 N–H and O–H groups in total. The smallest absolute Gasteiger partial charge is 0.317 e. The summed E-state index contributed by atoms with van der Waals surface area (Å²) in [5.74, 6) is -0.000278. The standard InChI is InChI=1S/C15H15FN4O/c16-12-1-2-14-13(5-12)11(6-18-14)7-19-15(21)20-8-10(9-20)3-4-17/h1-2,5-6,10,18H,3,7-9H2,(H,19,21). The van der Waals surface area contributed by atoms with Gasteiger partial charge in [-0.15, -0.1) is 0 Å². The Bertz CT molecular complexity index is 712. The van der Waals surface area contributed by atoms with E-state index < -0.39 is 0 Å². The first-order chi connectivity index (χ1) is 10.2. The van der Waals surface area contributed by atoms with Crippen molar-refractivity contribution in [1.82, 2.24) is 15.2 Å². The molecule has 0 aliphatic carbocycles. The normalized spacial score (nSPS) is 14.8. The number of carbonyl (C=O) groups is 1. The molecule has 108 valence electrons. The van der Waals surface area contributed by atoms with E-state index >= 15 is 0 Å². The first-order valence-corrected chi connectivity index (χ1v) is 6.82. The minimum atomic E-state index is -0.295. The zero-order valence-electron chi connectivity index (χ0n) is 11.4. The van der Waals surface area contributed by atoms with Crippen molar-refractivity contribution in [2.45, 2.75) is 13.0 Å². The Morgan fingerprint density at radius 1 is 1.52 bits per heavy atom. The minimum Gasteiger partial charge on any atom is -0.361 e. The van der Waals surface area contributed by atoms with E-state index in [1.165, 1.54) is 12.1 Å². The van der Waals surface area contributed by atoms with Crippen LogP contribution in [0.5, 0.6) is 0 Å². The zero-order valence-corrected chi connectivity index (χ0v) is 11.4. The van der Waals surface area contributed by atoms with Crippen LogP contribution in [0.1, 0.15) is 12.0 Å². The van der Waals surface area contributed by atoms with Crippen molar-refractivity contribution in [2.75, 3.05) is 13.1 Å². The van der Waals surface area contributed by atoms with Gasteiger partial charge in [-0.25, -0.2) is 9.18 Å². The molecule has 3 rings (SSSR count). The van der Waals surface area contributed by atoms with Gasteiger partial charge in [-0.1, -0.05) is 0 Å². The summed E-state index contributed by atoms with van der Waals surface area (Å²) in [6.07, 6.45) is 2.27. The summed E-state index contributed by atoms with van der Waals surface area (Å²) in [5.41, 5.74) is 1.70. The molecular weight excluding hydrogens is 271 g/mol. The summed E-state index contributed by atoms with van der Waals surface area (Å²) in [5, 5.41) is 12.2. The lowest BCUT2D eigenvalue weighted by molar-refractivity contribution is 0.122. The molecular formula is C15H15FN4O. The fraction of sp³-hybridized carbons (Fsp3) is 0.333. The van der Waals surface area contributed by atoms with Crippen LogP contribution in [-0.2, 0) is 6.54 Å². The molecule has 1 aromatic carbocycles. The molecule has 1 aliphatic heterocycles. The maximum absolute atomic E-state index is 13.3. The van der Waals surface area contributed by atoms with Gasteiger partial charge in [0.1, 0.15) is 5.82 Å². The van der Waals surface area contributed by atoms with Crippen molar-refractivity contribution >= 4 is 16.9 Å². The molecule has 2 amide bonds. The van der Waals surface area contributed by atoms with Crippen molar-refractivity contribution in [3.05, 3.63) is 35.8 Å². The minimum absolute atomic E-state index is 0.144. The van der Waals surface area contributed by atoms with E-state index in [1.807, 2.05) is 0 Å². The highest BCUT2D eigenvalue weighted by molar-refractivity contribution is 5.84. The molecule has 1 aromatic heterocycles. The van der Waals surface area contributed by atoms with Gasteiger partial charge in [0.05, 0.1) is 6.07 Å². The quantitative estimate of drug-likeness (QED) is 0.909. The van der Waals surface area contributed by atoms with Gasteiger partial charge in [-0.3, -0.25) is 0 Å². The van der Waals surface area contributed by atoms with Crippen molar-refractivity contribution in [3.8, 4) is 6.07 Å². The number of aromatic nitrogens is 1. The summed E-state index contributed by atoms with van der Waals surface area (Å²) >= 11 is 0. The third kappa shape index (κ3) is 2.68. The van der Waals surface area contributed by atoms with E-state index in [0.29, 0.717) is 32.0 Å². The fourth-order valence-electron chi connectivity index (χ4n) is 2.57. The predicted octanol–water partition coefficient (Wildman–Crippen LogP) is 2.36. The van der Waals surface area contributed by atoms with E-state index in [0.717, 1.165) is 16.5 Å². The summed E-state index contributed by atoms with van der Waals surface area (Å²) in [4.78, 5) is 16.7. The van der Waals surface area contributed by atoms with Crippen LogP contribution in [0.25, 0.3) is 10.9 Å². The third-order valence-electron chi connectivity index (χ3n) is 3.78. The molecule has 2 heterocycles. The van der Waals surface area contributed by atoms with E-state index in [9.17, 15) is 9.18 Å². The molecule has 0 saturated carbocycles. The number of hydrogen-bond donors (Lipinski definition) is 2. The van der Waals surface area contributed by atoms with Gasteiger partial charge in [0.2, 0.25) is 0 Å². The number of nitriles is 1. The van der Waals surface area contributed by atoms with Gasteiger partial charge in [-0.05, 0) is 23.8 Å². The molecule has 6 heteroatoms. The van der Waals surface area contributed by atoms with Crippen molar-refractivity contribution in [3.63, 3.8) is 0 Å². The second-order valence-electron chi connectivity index (χ2n) is 5.30. The number of halogens is 1. The number of likely N-dealkylation sites (tertiary alicyclic amines) is 1. The molecule has 1 saturated heterocycles. The van der Waals surface area contributed by atoms with Gasteiger partial charge in [0.25, 0.3) is 0 Å². The lowest BCUT2D eigenvalue weighted by Crippen LogP contribution is -2.53. The van der Waals surface area contributed by atoms with Gasteiger partial charge in [-0.2, -0.15) is 5.26 Å². The van der Waals surface area contributed by atoms with Gasteiger partial charge in [0.15, 0.2) is 0 Å². The maximum Gasteiger partial charge on any atom is 0.317 e. The number of nitrogens with zero attached hydrogens (tertiary/aromatic N) is 2. The molecule has 5 nitrogen and oxygen atoms in total. The molecule has 1 fully saturated rings. The number of rotatable bonds is 3. The number of benzene rings is 1. The Labute approximate surface area is 121 Å². The van der Waals surface area contributed by atoms with E-state index in [2.05, 4.69) is 16.4 Å². The monoisotopic (exact) mass is 286 g/mol. The van der Waals surface area contributed by atoms with Crippen LogP contribution >= 0.6 is 0 Å². The number of urea groups is 1. The summed E-state index contributed by atoms with van der Waals surface area (Å²) in [7, 11) is 0. The predicted molar refractivity (Wildman–Crippen MR) is 75.8 cm³/mol. The van der Waals surface area contributed by atoms with Gasteiger partial charge in [0, 0.05) is 49.1 Å². The SMILES string of the molecule is N#CCC1CN(C(=O)NCc2c[nH]c3ccc(F)cc23)C1. The summed E-state index contributed by atoms with van der Waals surface area (Å²) in [6, 6.07) is 6.50. The Morgan fingerprint density at radius 2 is 2.33 bits per heavy atom. The molecule has 2 aromatic rings. The zero-order chi connectivity index (χ0) is 14.8. The first-order valence-electron chi connectivity index (χ1n) is 6.82. The lowest BCUT2D eigenvalue weighted by atomic mass is 9.98. The first kappa shape index (κ1) is 13.4. The molecule has 0 atom stereocenters. The highest BCUT2D eigenvalue weighted by Crippen LogP contribution is 2.20. The van der Waals surface area contributed by atoms with Gasteiger partial charge >= 0.3 is 6.03 Å². The lowest BCUT2D eigenvalue weighted by Gasteiger charge is -2.37. The maximum atomic E-state index is 13.3. The average molecular weight is 286 g/mol. The Morgan fingerprint density at radius 3 is 3.10 bits per heavy atom. The van der Waals surface area contributed by atoms with Crippen LogP contribution < -0.4 is 5.32 Å². The third-order valence-corrected chi connectivity index (χ3v) is 3.78. The number of amides is 2. The molecule has 0 bridgehead atoms. The second-order valence-corrected chi connectivity index (χ2v) is 5.30. The van der Waals surface area contributed by atoms with Crippen LogP contribution in [0.2, 0.25) is 0 Å². The van der Waals surface area contributed by atoms with Crippen LogP contribution in [0.15, 0.2) is 24.4 Å². The molecule has 0 unspecified atom stereocenters. The molecule has 0 radical (unpaired) electrons. The summed E-state index contributed by atoms with van der Waals surface area (Å²) in [6.45, 7) is 1.60. The number of fused-ring (bicyclic) bond motifs is 1. The molecule has 1 aliphatic rings. The van der Waals surface area contributed by atoms with Crippen LogP contribution in [0.4, 0.5) is 9.18 Å². The number of carbonyl (C=O) groups excluding carboxylic acids is 1. The van der Waals surface area contributed by atoms with Crippen molar-refractivity contribution in [1.29, 1.82) is 5.26 Å². The molecule has 21 heavy (non-hydrogen) atoms. The fourth-order valence-corrected chi connectivity index (χ4v) is 2.57. The van der Waals surface area contributed by atoms with Crippen LogP contribution in [-0.4, -0.2) is 29.0 Å². The van der Waals surface area contributed by atoms with E-state index in [4.69, 9.17) is 5.26 Å².